The second-order valence-electron chi connectivity index (χ2n) is 5.45. The number of nitrogens with zero attached hydrogens (tertiary/aromatic N) is 1. The fourth-order valence-corrected chi connectivity index (χ4v) is 3.30. The summed E-state index contributed by atoms with van der Waals surface area (Å²) in [5, 5.41) is 9.98. The van der Waals surface area contributed by atoms with Gasteiger partial charge in [0.25, 0.3) is 0 Å². The van der Waals surface area contributed by atoms with Gasteiger partial charge in [-0.1, -0.05) is 24.3 Å². The Hall–Kier alpha value is -1.54. The summed E-state index contributed by atoms with van der Waals surface area (Å²) in [5.74, 6) is 1.71. The second kappa shape index (κ2) is 8.53. The van der Waals surface area contributed by atoms with Gasteiger partial charge < -0.3 is 15.1 Å². The highest BCUT2D eigenvalue weighted by molar-refractivity contribution is 14.0. The lowest BCUT2D eigenvalue weighted by molar-refractivity contribution is 0.533. The fraction of sp³-hybridized carbons (Fsp3) is 0.278. The summed E-state index contributed by atoms with van der Waals surface area (Å²) in [6, 6.07) is 12.5. The highest BCUT2D eigenvalue weighted by Gasteiger charge is 2.12. The minimum absolute atomic E-state index is 0. The maximum absolute atomic E-state index is 5.93. The number of aliphatic imine (C=N–C) groups is 1. The van der Waals surface area contributed by atoms with Crippen molar-refractivity contribution in [3.05, 3.63) is 58.0 Å². The van der Waals surface area contributed by atoms with Gasteiger partial charge in [0, 0.05) is 22.9 Å². The van der Waals surface area contributed by atoms with Crippen LogP contribution in [-0.2, 0) is 6.54 Å². The number of thiophene rings is 1. The summed E-state index contributed by atoms with van der Waals surface area (Å²) in [6.07, 6.45) is 0. The van der Waals surface area contributed by atoms with Crippen LogP contribution < -0.4 is 10.6 Å². The van der Waals surface area contributed by atoms with Gasteiger partial charge in [-0.2, -0.15) is 0 Å². The van der Waals surface area contributed by atoms with Crippen LogP contribution in [0.4, 0.5) is 0 Å². The number of hydrogen-bond acceptors (Lipinski definition) is 3. The molecule has 2 N–H and O–H groups in total. The maximum Gasteiger partial charge on any atom is 0.191 e. The monoisotopic (exact) mass is 455 g/mol. The van der Waals surface area contributed by atoms with Crippen LogP contribution in [0.2, 0.25) is 0 Å². The number of fused-ring (bicyclic) bond motifs is 1. The molecule has 2 aromatic heterocycles. The first-order valence-corrected chi connectivity index (χ1v) is 8.54. The molecule has 4 nitrogen and oxygen atoms in total. The van der Waals surface area contributed by atoms with E-state index in [0.29, 0.717) is 6.54 Å². The number of guanidine groups is 1. The Labute approximate surface area is 163 Å². The zero-order valence-electron chi connectivity index (χ0n) is 14.0. The van der Waals surface area contributed by atoms with Crippen molar-refractivity contribution < 1.29 is 4.42 Å². The number of rotatable bonds is 4. The van der Waals surface area contributed by atoms with Crippen molar-refractivity contribution in [3.8, 4) is 0 Å². The van der Waals surface area contributed by atoms with Gasteiger partial charge >= 0.3 is 0 Å². The average Bonchev–Trinajstić information content (AvgIpc) is 3.20. The van der Waals surface area contributed by atoms with Crippen LogP contribution in [0.15, 0.2) is 51.2 Å². The highest BCUT2D eigenvalue weighted by Crippen LogP contribution is 2.24. The molecular weight excluding hydrogens is 433 g/mol. The molecule has 1 aromatic carbocycles. The predicted molar refractivity (Wildman–Crippen MR) is 112 cm³/mol. The molecule has 0 bridgehead atoms. The van der Waals surface area contributed by atoms with Crippen LogP contribution in [0.5, 0.6) is 0 Å². The molecule has 0 spiro atoms. The number of benzene rings is 1. The first-order valence-electron chi connectivity index (χ1n) is 7.66. The van der Waals surface area contributed by atoms with Crippen LogP contribution in [-0.4, -0.2) is 13.0 Å². The molecular formula is C18H22IN3OS. The molecule has 0 saturated heterocycles. The minimum Gasteiger partial charge on any atom is -0.459 e. The number of para-hydroxylation sites is 1. The van der Waals surface area contributed by atoms with Crippen molar-refractivity contribution in [2.24, 2.45) is 4.99 Å². The quantitative estimate of drug-likeness (QED) is 0.336. The Bertz CT molecular complexity index is 811. The Kier molecular flexibility index (Phi) is 6.68. The third kappa shape index (κ3) is 4.10. The Morgan fingerprint density at radius 1 is 1.25 bits per heavy atom. The largest absolute Gasteiger partial charge is 0.459 e. The SMILES string of the molecule is CN=C(NCc1oc2ccccc2c1C)NC(C)c1cccs1.I. The van der Waals surface area contributed by atoms with Gasteiger partial charge in [0.1, 0.15) is 11.3 Å². The van der Waals surface area contributed by atoms with Gasteiger partial charge in [-0.3, -0.25) is 4.99 Å². The molecule has 24 heavy (non-hydrogen) atoms. The van der Waals surface area contributed by atoms with Crippen LogP contribution in [0.1, 0.15) is 29.2 Å². The van der Waals surface area contributed by atoms with Crippen molar-refractivity contribution >= 4 is 52.2 Å². The van der Waals surface area contributed by atoms with E-state index in [-0.39, 0.29) is 30.0 Å². The lowest BCUT2D eigenvalue weighted by atomic mass is 10.1. The van der Waals surface area contributed by atoms with E-state index in [1.807, 2.05) is 18.2 Å². The number of nitrogens with one attached hydrogen (secondary N) is 2. The van der Waals surface area contributed by atoms with E-state index in [9.17, 15) is 0 Å². The Morgan fingerprint density at radius 2 is 2.04 bits per heavy atom. The molecule has 6 heteroatoms. The zero-order valence-corrected chi connectivity index (χ0v) is 17.1. The highest BCUT2D eigenvalue weighted by atomic mass is 127. The topological polar surface area (TPSA) is 49.6 Å². The Balaban J connectivity index is 0.00000208. The van der Waals surface area contributed by atoms with Crippen LogP contribution in [0, 0.1) is 6.92 Å². The number of halogens is 1. The van der Waals surface area contributed by atoms with Gasteiger partial charge in [-0.25, -0.2) is 0 Å². The summed E-state index contributed by atoms with van der Waals surface area (Å²) in [4.78, 5) is 5.58. The van der Waals surface area contributed by atoms with E-state index in [4.69, 9.17) is 4.42 Å². The predicted octanol–water partition coefficient (Wildman–Crippen LogP) is 4.85. The molecule has 0 amide bonds. The average molecular weight is 455 g/mol. The third-order valence-corrected chi connectivity index (χ3v) is 4.96. The molecule has 1 atom stereocenters. The zero-order chi connectivity index (χ0) is 16.2. The molecule has 0 radical (unpaired) electrons. The van der Waals surface area contributed by atoms with E-state index in [0.717, 1.165) is 17.3 Å². The maximum atomic E-state index is 5.93. The normalized spacial score (nSPS) is 12.7. The molecule has 0 aliphatic carbocycles. The summed E-state index contributed by atoms with van der Waals surface area (Å²) in [6.45, 7) is 4.83. The van der Waals surface area contributed by atoms with Crippen LogP contribution in [0.3, 0.4) is 0 Å². The smallest absolute Gasteiger partial charge is 0.191 e. The van der Waals surface area contributed by atoms with E-state index in [1.165, 1.54) is 15.8 Å². The van der Waals surface area contributed by atoms with Crippen molar-refractivity contribution in [1.29, 1.82) is 0 Å². The third-order valence-electron chi connectivity index (χ3n) is 3.91. The first kappa shape index (κ1) is 18.8. The molecule has 1 unspecified atom stereocenters. The molecule has 0 fully saturated rings. The lowest BCUT2D eigenvalue weighted by Gasteiger charge is -2.16. The molecule has 0 saturated carbocycles. The van der Waals surface area contributed by atoms with Gasteiger partial charge in [0.2, 0.25) is 0 Å². The van der Waals surface area contributed by atoms with E-state index < -0.39 is 0 Å². The van der Waals surface area contributed by atoms with Gasteiger partial charge in [-0.15, -0.1) is 35.3 Å². The summed E-state index contributed by atoms with van der Waals surface area (Å²) in [7, 11) is 1.78. The number of hydrogen-bond donors (Lipinski definition) is 2. The first-order chi connectivity index (χ1) is 11.2. The molecule has 0 aliphatic heterocycles. The van der Waals surface area contributed by atoms with Gasteiger partial charge in [0.15, 0.2) is 5.96 Å². The minimum atomic E-state index is 0. The van der Waals surface area contributed by atoms with Crippen LogP contribution in [0.25, 0.3) is 11.0 Å². The van der Waals surface area contributed by atoms with Crippen molar-refractivity contribution in [2.75, 3.05) is 7.05 Å². The molecule has 2 heterocycles. The van der Waals surface area contributed by atoms with Crippen LogP contribution >= 0.6 is 35.3 Å². The second-order valence-corrected chi connectivity index (χ2v) is 6.43. The van der Waals surface area contributed by atoms with E-state index >= 15 is 0 Å². The standard InChI is InChI=1S/C18H21N3OS.HI/c1-12-14-7-4-5-8-15(14)22-16(12)11-20-18(19-3)21-13(2)17-9-6-10-23-17;/h4-10,13H,11H2,1-3H3,(H2,19,20,21);1H. The van der Waals surface area contributed by atoms with Crippen molar-refractivity contribution in [3.63, 3.8) is 0 Å². The fourth-order valence-electron chi connectivity index (χ4n) is 2.57. The summed E-state index contributed by atoms with van der Waals surface area (Å²) < 4.78 is 5.93. The molecule has 3 rings (SSSR count). The summed E-state index contributed by atoms with van der Waals surface area (Å²) >= 11 is 1.74. The molecule has 128 valence electrons. The van der Waals surface area contributed by atoms with E-state index in [2.05, 4.69) is 53.1 Å². The number of furan rings is 1. The summed E-state index contributed by atoms with van der Waals surface area (Å²) in [5.41, 5.74) is 2.10. The lowest BCUT2D eigenvalue weighted by Crippen LogP contribution is -2.38. The van der Waals surface area contributed by atoms with Crippen molar-refractivity contribution in [2.45, 2.75) is 26.4 Å². The van der Waals surface area contributed by atoms with Crippen molar-refractivity contribution in [1.82, 2.24) is 10.6 Å². The molecule has 3 aromatic rings. The number of aryl methyl sites for hydroxylation is 1. The van der Waals surface area contributed by atoms with Gasteiger partial charge in [-0.05, 0) is 31.4 Å². The van der Waals surface area contributed by atoms with Gasteiger partial charge in [0.05, 0.1) is 12.6 Å². The molecule has 0 aliphatic rings. The Morgan fingerprint density at radius 3 is 2.71 bits per heavy atom. The van der Waals surface area contributed by atoms with E-state index in [1.54, 1.807) is 18.4 Å².